The second kappa shape index (κ2) is 8.26. The van der Waals surface area contributed by atoms with Gasteiger partial charge in [-0.15, -0.1) is 0 Å². The van der Waals surface area contributed by atoms with Gasteiger partial charge in [0.2, 0.25) is 0 Å². The van der Waals surface area contributed by atoms with Crippen molar-refractivity contribution in [3.8, 4) is 0 Å². The standard InChI is InChI=1S/C15H20BrNO7S/c1-15(2,3)24-13(18)9-23-14(19)11-8-10(6-7-12(11)16)25(20,21)17(4)22-5/h6-8H,9H2,1-5H3. The van der Waals surface area contributed by atoms with Crippen molar-refractivity contribution in [2.45, 2.75) is 31.3 Å². The maximum absolute atomic E-state index is 12.2. The first-order chi connectivity index (χ1) is 11.4. The summed E-state index contributed by atoms with van der Waals surface area (Å²) in [4.78, 5) is 28.3. The Morgan fingerprint density at radius 1 is 1.24 bits per heavy atom. The van der Waals surface area contributed by atoms with Crippen LogP contribution < -0.4 is 0 Å². The highest BCUT2D eigenvalue weighted by Crippen LogP contribution is 2.23. The van der Waals surface area contributed by atoms with Crippen LogP contribution in [0.5, 0.6) is 0 Å². The van der Waals surface area contributed by atoms with Crippen molar-refractivity contribution >= 4 is 37.9 Å². The Bertz CT molecular complexity index is 756. The summed E-state index contributed by atoms with van der Waals surface area (Å²) in [5.41, 5.74) is -0.753. The van der Waals surface area contributed by atoms with Crippen LogP contribution in [0, 0.1) is 0 Å². The molecule has 0 unspecified atom stereocenters. The SMILES string of the molecule is CON(C)S(=O)(=O)c1ccc(Br)c(C(=O)OCC(=O)OC(C)(C)C)c1. The van der Waals surface area contributed by atoms with E-state index in [0.717, 1.165) is 6.07 Å². The van der Waals surface area contributed by atoms with Crippen molar-refractivity contribution < 1.29 is 32.3 Å². The van der Waals surface area contributed by atoms with Crippen molar-refractivity contribution in [1.29, 1.82) is 0 Å². The van der Waals surface area contributed by atoms with E-state index in [1.54, 1.807) is 20.8 Å². The van der Waals surface area contributed by atoms with Gasteiger partial charge in [0.1, 0.15) is 5.60 Å². The fraction of sp³-hybridized carbons (Fsp3) is 0.467. The number of benzene rings is 1. The van der Waals surface area contributed by atoms with Gasteiger partial charge in [0.15, 0.2) is 6.61 Å². The number of hydrogen-bond donors (Lipinski definition) is 0. The zero-order chi connectivity index (χ0) is 19.4. The Morgan fingerprint density at radius 3 is 2.36 bits per heavy atom. The molecule has 0 radical (unpaired) electrons. The molecule has 0 saturated heterocycles. The maximum Gasteiger partial charge on any atom is 0.344 e. The van der Waals surface area contributed by atoms with E-state index in [0.29, 0.717) is 8.94 Å². The van der Waals surface area contributed by atoms with E-state index in [-0.39, 0.29) is 10.5 Å². The van der Waals surface area contributed by atoms with Crippen molar-refractivity contribution in [2.75, 3.05) is 20.8 Å². The normalized spacial score (nSPS) is 12.1. The van der Waals surface area contributed by atoms with Gasteiger partial charge in [0.25, 0.3) is 10.0 Å². The molecule has 0 atom stereocenters. The summed E-state index contributed by atoms with van der Waals surface area (Å²) in [6, 6.07) is 3.83. The summed E-state index contributed by atoms with van der Waals surface area (Å²) in [6.45, 7) is 4.47. The van der Waals surface area contributed by atoms with Gasteiger partial charge in [-0.3, -0.25) is 4.84 Å². The smallest absolute Gasteiger partial charge is 0.344 e. The third kappa shape index (κ3) is 6.07. The van der Waals surface area contributed by atoms with Crippen LogP contribution in [0.25, 0.3) is 0 Å². The van der Waals surface area contributed by atoms with Crippen LogP contribution >= 0.6 is 15.9 Å². The Morgan fingerprint density at radius 2 is 1.84 bits per heavy atom. The number of sulfonamides is 1. The second-order valence-electron chi connectivity index (χ2n) is 5.90. The summed E-state index contributed by atoms with van der Waals surface area (Å²) in [6.07, 6.45) is 0. The Labute approximate surface area is 155 Å². The van der Waals surface area contributed by atoms with E-state index in [1.807, 2.05) is 0 Å². The molecule has 25 heavy (non-hydrogen) atoms. The van der Waals surface area contributed by atoms with Gasteiger partial charge in [-0.2, -0.15) is 0 Å². The number of rotatable bonds is 6. The molecule has 0 bridgehead atoms. The lowest BCUT2D eigenvalue weighted by Crippen LogP contribution is -2.27. The number of hydrogen-bond acceptors (Lipinski definition) is 7. The molecule has 1 aromatic rings. The number of carbonyl (C=O) groups excluding carboxylic acids is 2. The minimum absolute atomic E-state index is 0.0471. The molecular formula is C15H20BrNO7S. The van der Waals surface area contributed by atoms with E-state index >= 15 is 0 Å². The molecule has 0 fully saturated rings. The minimum atomic E-state index is -3.93. The molecule has 1 aromatic carbocycles. The van der Waals surface area contributed by atoms with Gasteiger partial charge in [0, 0.05) is 11.5 Å². The predicted octanol–water partition coefficient (Wildman–Crippen LogP) is 2.13. The highest BCUT2D eigenvalue weighted by molar-refractivity contribution is 9.10. The fourth-order valence-corrected chi connectivity index (χ4v) is 3.05. The van der Waals surface area contributed by atoms with Crippen LogP contribution in [0.3, 0.4) is 0 Å². The lowest BCUT2D eigenvalue weighted by Gasteiger charge is -2.19. The number of ether oxygens (including phenoxy) is 2. The monoisotopic (exact) mass is 437 g/mol. The minimum Gasteiger partial charge on any atom is -0.457 e. The first-order valence-corrected chi connectivity index (χ1v) is 9.33. The zero-order valence-corrected chi connectivity index (χ0v) is 16.9. The van der Waals surface area contributed by atoms with Crippen LogP contribution in [0.1, 0.15) is 31.1 Å². The molecule has 140 valence electrons. The van der Waals surface area contributed by atoms with Gasteiger partial charge in [-0.25, -0.2) is 18.0 Å². The third-order valence-electron chi connectivity index (χ3n) is 2.79. The molecule has 8 nitrogen and oxygen atoms in total. The van der Waals surface area contributed by atoms with Crippen molar-refractivity contribution in [1.82, 2.24) is 4.47 Å². The number of carbonyl (C=O) groups is 2. The van der Waals surface area contributed by atoms with Crippen LogP contribution in [0.4, 0.5) is 0 Å². The molecule has 0 aliphatic heterocycles. The highest BCUT2D eigenvalue weighted by Gasteiger charge is 2.24. The number of esters is 2. The zero-order valence-electron chi connectivity index (χ0n) is 14.5. The first-order valence-electron chi connectivity index (χ1n) is 7.10. The molecule has 0 aliphatic rings. The van der Waals surface area contributed by atoms with E-state index < -0.39 is 34.2 Å². The topological polar surface area (TPSA) is 99.2 Å². The molecular weight excluding hydrogens is 418 g/mol. The van der Waals surface area contributed by atoms with Crippen LogP contribution in [0.15, 0.2) is 27.6 Å². The van der Waals surface area contributed by atoms with Crippen LogP contribution in [-0.2, 0) is 29.1 Å². The quantitative estimate of drug-likeness (QED) is 0.496. The lowest BCUT2D eigenvalue weighted by atomic mass is 10.2. The molecule has 0 saturated carbocycles. The van der Waals surface area contributed by atoms with Gasteiger partial charge in [-0.05, 0) is 54.9 Å². The molecule has 0 aliphatic carbocycles. The second-order valence-corrected chi connectivity index (χ2v) is 8.69. The van der Waals surface area contributed by atoms with E-state index in [1.165, 1.54) is 26.3 Å². The lowest BCUT2D eigenvalue weighted by molar-refractivity contribution is -0.158. The summed E-state index contributed by atoms with van der Waals surface area (Å²) in [7, 11) is -1.51. The van der Waals surface area contributed by atoms with Gasteiger partial charge < -0.3 is 9.47 Å². The van der Waals surface area contributed by atoms with Crippen LogP contribution in [0.2, 0.25) is 0 Å². The molecule has 0 amide bonds. The van der Waals surface area contributed by atoms with Crippen LogP contribution in [-0.4, -0.2) is 51.2 Å². The molecule has 0 spiro atoms. The van der Waals surface area contributed by atoms with Gasteiger partial charge in [-0.1, -0.05) is 4.47 Å². The molecule has 0 heterocycles. The van der Waals surface area contributed by atoms with E-state index in [2.05, 4.69) is 20.8 Å². The van der Waals surface area contributed by atoms with Gasteiger partial charge >= 0.3 is 11.9 Å². The molecule has 10 heteroatoms. The summed E-state index contributed by atoms with van der Waals surface area (Å²) in [5, 5.41) is 0. The Balaban J connectivity index is 2.97. The van der Waals surface area contributed by atoms with E-state index in [4.69, 9.17) is 9.47 Å². The molecule has 0 aromatic heterocycles. The predicted molar refractivity (Wildman–Crippen MR) is 92.2 cm³/mol. The summed E-state index contributed by atoms with van der Waals surface area (Å²) < 4.78 is 35.4. The van der Waals surface area contributed by atoms with E-state index in [9.17, 15) is 18.0 Å². The third-order valence-corrected chi connectivity index (χ3v) is 5.16. The Hall–Kier alpha value is -1.49. The van der Waals surface area contributed by atoms with Gasteiger partial charge in [0.05, 0.1) is 17.6 Å². The summed E-state index contributed by atoms with van der Waals surface area (Å²) >= 11 is 3.15. The number of halogens is 1. The number of nitrogens with zero attached hydrogens (tertiary/aromatic N) is 1. The largest absolute Gasteiger partial charge is 0.457 e. The summed E-state index contributed by atoms with van der Waals surface area (Å²) in [5.74, 6) is -1.57. The molecule has 1 rings (SSSR count). The molecule has 0 N–H and O–H groups in total. The average Bonchev–Trinajstić information content (AvgIpc) is 2.50. The number of hydroxylamine groups is 1. The highest BCUT2D eigenvalue weighted by atomic mass is 79.9. The van der Waals surface area contributed by atoms with Crippen molar-refractivity contribution in [3.63, 3.8) is 0 Å². The van der Waals surface area contributed by atoms with Crippen molar-refractivity contribution in [3.05, 3.63) is 28.2 Å². The fourth-order valence-electron chi connectivity index (χ4n) is 1.64. The maximum atomic E-state index is 12.2. The van der Waals surface area contributed by atoms with Crippen molar-refractivity contribution in [2.24, 2.45) is 0 Å². The first kappa shape index (κ1) is 21.6. The average molecular weight is 438 g/mol. The Kier molecular flexibility index (Phi) is 7.12.